The van der Waals surface area contributed by atoms with Crippen molar-refractivity contribution >= 4 is 34.0 Å². The molecule has 0 heterocycles. The van der Waals surface area contributed by atoms with E-state index in [9.17, 15) is 9.65 Å². The van der Waals surface area contributed by atoms with Crippen molar-refractivity contribution in [2.24, 2.45) is 0 Å². The molecule has 4 aromatic rings. The van der Waals surface area contributed by atoms with Crippen LogP contribution in [0.15, 0.2) is 78.9 Å². The standard InChI is InChI=1S/C27H19ClFNO2/c1-31-26-15-19(13-22(16-30)23-8-4-5-9-25(23)29)14-24(28)27(26)32-17-18-10-11-20-6-2-3-7-21(20)12-18/h2-15H,17H2,1H3. The van der Waals surface area contributed by atoms with Crippen LogP contribution in [0.3, 0.4) is 0 Å². The quantitative estimate of drug-likeness (QED) is 0.232. The Bertz CT molecular complexity index is 1360. The van der Waals surface area contributed by atoms with E-state index in [1.807, 2.05) is 30.3 Å². The van der Waals surface area contributed by atoms with Gasteiger partial charge in [-0.3, -0.25) is 0 Å². The highest BCUT2D eigenvalue weighted by atomic mass is 35.5. The topological polar surface area (TPSA) is 42.2 Å². The average molecular weight is 444 g/mol. The largest absolute Gasteiger partial charge is 0.493 e. The van der Waals surface area contributed by atoms with Gasteiger partial charge in [0.2, 0.25) is 0 Å². The van der Waals surface area contributed by atoms with Crippen LogP contribution in [-0.2, 0) is 6.61 Å². The Morgan fingerprint density at radius 3 is 2.50 bits per heavy atom. The van der Waals surface area contributed by atoms with Crippen molar-refractivity contribution in [2.75, 3.05) is 7.11 Å². The van der Waals surface area contributed by atoms with E-state index in [1.54, 1.807) is 36.4 Å². The molecule has 0 spiro atoms. The summed E-state index contributed by atoms with van der Waals surface area (Å²) >= 11 is 6.49. The molecule has 0 aromatic heterocycles. The van der Waals surface area contributed by atoms with E-state index >= 15 is 0 Å². The molecule has 0 saturated heterocycles. The lowest BCUT2D eigenvalue weighted by molar-refractivity contribution is 0.285. The number of rotatable bonds is 6. The number of halogens is 2. The van der Waals surface area contributed by atoms with Crippen LogP contribution >= 0.6 is 11.6 Å². The summed E-state index contributed by atoms with van der Waals surface area (Å²) in [5.74, 6) is 0.368. The van der Waals surface area contributed by atoms with Gasteiger partial charge in [0.1, 0.15) is 12.4 Å². The van der Waals surface area contributed by atoms with Crippen LogP contribution in [0.5, 0.6) is 11.5 Å². The number of benzene rings is 4. The van der Waals surface area contributed by atoms with Crippen molar-refractivity contribution in [3.63, 3.8) is 0 Å². The van der Waals surface area contributed by atoms with Crippen LogP contribution in [0, 0.1) is 17.1 Å². The van der Waals surface area contributed by atoms with E-state index < -0.39 is 5.82 Å². The van der Waals surface area contributed by atoms with Crippen LogP contribution in [0.4, 0.5) is 4.39 Å². The van der Waals surface area contributed by atoms with Gasteiger partial charge in [0.25, 0.3) is 0 Å². The first-order valence-electron chi connectivity index (χ1n) is 9.94. The zero-order valence-corrected chi connectivity index (χ0v) is 18.1. The first kappa shape index (κ1) is 21.4. The highest BCUT2D eigenvalue weighted by molar-refractivity contribution is 6.32. The number of fused-ring (bicyclic) bond motifs is 1. The van der Waals surface area contributed by atoms with Crippen molar-refractivity contribution in [3.8, 4) is 17.6 Å². The Morgan fingerprint density at radius 1 is 1.00 bits per heavy atom. The van der Waals surface area contributed by atoms with Gasteiger partial charge in [0.15, 0.2) is 11.5 Å². The molecule has 0 radical (unpaired) electrons. The number of nitrogens with zero attached hydrogens (tertiary/aromatic N) is 1. The van der Waals surface area contributed by atoms with Crippen molar-refractivity contribution in [1.29, 1.82) is 5.26 Å². The van der Waals surface area contributed by atoms with Crippen LogP contribution in [0.1, 0.15) is 16.7 Å². The SMILES string of the molecule is COc1cc(C=C(C#N)c2ccccc2F)cc(Cl)c1OCc1ccc2ccccc2c1. The molecule has 0 fully saturated rings. The van der Waals surface area contributed by atoms with Crippen LogP contribution < -0.4 is 9.47 Å². The Hall–Kier alpha value is -3.81. The van der Waals surface area contributed by atoms with Crippen molar-refractivity contribution < 1.29 is 13.9 Å². The minimum Gasteiger partial charge on any atom is -0.493 e. The summed E-state index contributed by atoms with van der Waals surface area (Å²) in [5, 5.41) is 12.2. The molecule has 32 heavy (non-hydrogen) atoms. The van der Waals surface area contributed by atoms with Crippen molar-refractivity contribution in [2.45, 2.75) is 6.61 Å². The van der Waals surface area contributed by atoms with Gasteiger partial charge in [-0.2, -0.15) is 5.26 Å². The van der Waals surface area contributed by atoms with Gasteiger partial charge >= 0.3 is 0 Å². The van der Waals surface area contributed by atoms with Gasteiger partial charge in [-0.05, 0) is 52.2 Å². The van der Waals surface area contributed by atoms with Crippen molar-refractivity contribution in [3.05, 3.63) is 106 Å². The molecule has 3 nitrogen and oxygen atoms in total. The number of allylic oxidation sites excluding steroid dienone is 1. The fraction of sp³-hybridized carbons (Fsp3) is 0.0741. The minimum absolute atomic E-state index is 0.186. The third kappa shape index (κ3) is 4.59. The van der Waals surface area contributed by atoms with E-state index in [1.165, 1.54) is 13.2 Å². The predicted octanol–water partition coefficient (Wildman–Crippen LogP) is 7.28. The van der Waals surface area contributed by atoms with Gasteiger partial charge in [0, 0.05) is 5.56 Å². The molecule has 4 rings (SSSR count). The monoisotopic (exact) mass is 443 g/mol. The third-order valence-corrected chi connectivity index (χ3v) is 5.33. The lowest BCUT2D eigenvalue weighted by Gasteiger charge is -2.14. The Kier molecular flexibility index (Phi) is 6.39. The van der Waals surface area contributed by atoms with E-state index in [2.05, 4.69) is 18.2 Å². The molecule has 0 saturated carbocycles. The molecule has 0 amide bonds. The summed E-state index contributed by atoms with van der Waals surface area (Å²) in [6.45, 7) is 0.314. The summed E-state index contributed by atoms with van der Waals surface area (Å²) in [7, 11) is 1.52. The minimum atomic E-state index is -0.464. The first-order valence-corrected chi connectivity index (χ1v) is 10.3. The second-order valence-corrected chi connectivity index (χ2v) is 7.56. The molecule has 158 valence electrons. The second-order valence-electron chi connectivity index (χ2n) is 7.15. The number of nitriles is 1. The molecule has 0 N–H and O–H groups in total. The molecule has 0 aliphatic carbocycles. The smallest absolute Gasteiger partial charge is 0.180 e. The Balaban J connectivity index is 1.61. The summed E-state index contributed by atoms with van der Waals surface area (Å²) in [5.41, 5.74) is 2.01. The second kappa shape index (κ2) is 9.55. The number of hydrogen-bond acceptors (Lipinski definition) is 3. The van der Waals surface area contributed by atoms with E-state index in [-0.39, 0.29) is 11.1 Å². The first-order chi connectivity index (χ1) is 15.6. The number of methoxy groups -OCH3 is 1. The number of hydrogen-bond donors (Lipinski definition) is 0. The molecule has 5 heteroatoms. The van der Waals surface area contributed by atoms with Gasteiger partial charge in [-0.25, -0.2) is 4.39 Å². The lowest BCUT2D eigenvalue weighted by Crippen LogP contribution is -1.99. The lowest BCUT2D eigenvalue weighted by atomic mass is 10.0. The maximum atomic E-state index is 14.1. The Morgan fingerprint density at radius 2 is 1.75 bits per heavy atom. The summed E-state index contributed by atoms with van der Waals surface area (Å²) in [6.07, 6.45) is 1.57. The van der Waals surface area contributed by atoms with Crippen LogP contribution in [-0.4, -0.2) is 7.11 Å². The molecule has 0 aliphatic heterocycles. The van der Waals surface area contributed by atoms with E-state index in [4.69, 9.17) is 21.1 Å². The van der Waals surface area contributed by atoms with Gasteiger partial charge in [-0.15, -0.1) is 0 Å². The van der Waals surface area contributed by atoms with E-state index in [0.717, 1.165) is 16.3 Å². The fourth-order valence-corrected chi connectivity index (χ4v) is 3.74. The summed E-state index contributed by atoms with van der Waals surface area (Å²) in [4.78, 5) is 0. The van der Waals surface area contributed by atoms with Gasteiger partial charge in [0.05, 0.1) is 23.8 Å². The summed E-state index contributed by atoms with van der Waals surface area (Å²) in [6, 6.07) is 25.8. The molecule has 4 aromatic carbocycles. The Labute approximate surface area is 190 Å². The highest BCUT2D eigenvalue weighted by Crippen LogP contribution is 2.38. The molecular weight excluding hydrogens is 425 g/mol. The van der Waals surface area contributed by atoms with Crippen LogP contribution in [0.25, 0.3) is 22.4 Å². The predicted molar refractivity (Wildman–Crippen MR) is 126 cm³/mol. The van der Waals surface area contributed by atoms with Crippen molar-refractivity contribution in [1.82, 2.24) is 0 Å². The zero-order valence-electron chi connectivity index (χ0n) is 17.3. The zero-order chi connectivity index (χ0) is 22.5. The molecular formula is C27H19ClFNO2. The average Bonchev–Trinajstić information content (AvgIpc) is 2.82. The van der Waals surface area contributed by atoms with E-state index in [0.29, 0.717) is 28.7 Å². The summed E-state index contributed by atoms with van der Waals surface area (Å²) < 4.78 is 25.6. The number of ether oxygens (including phenoxy) is 2. The van der Waals surface area contributed by atoms with Crippen LogP contribution in [0.2, 0.25) is 5.02 Å². The maximum absolute atomic E-state index is 14.1. The molecule has 0 aliphatic rings. The molecule has 0 atom stereocenters. The van der Waals surface area contributed by atoms with Gasteiger partial charge < -0.3 is 9.47 Å². The normalized spacial score (nSPS) is 11.2. The highest BCUT2D eigenvalue weighted by Gasteiger charge is 2.14. The molecule has 0 bridgehead atoms. The third-order valence-electron chi connectivity index (χ3n) is 5.04. The van der Waals surface area contributed by atoms with Gasteiger partial charge in [-0.1, -0.05) is 66.2 Å². The maximum Gasteiger partial charge on any atom is 0.180 e. The fourth-order valence-electron chi connectivity index (χ4n) is 3.46. The molecule has 0 unspecified atom stereocenters.